The van der Waals surface area contributed by atoms with Crippen LogP contribution in [0.2, 0.25) is 0 Å². The van der Waals surface area contributed by atoms with Crippen LogP contribution in [0.1, 0.15) is 38.5 Å². The van der Waals surface area contributed by atoms with E-state index in [1.165, 1.54) is 0 Å². The van der Waals surface area contributed by atoms with E-state index in [0.717, 1.165) is 25.7 Å². The van der Waals surface area contributed by atoms with Gasteiger partial charge in [0, 0.05) is 13.1 Å². The number of rotatable bonds is 1. The molecule has 18 heavy (non-hydrogen) atoms. The number of hydrogen-bond acceptors (Lipinski definition) is 3. The Kier molecular flexibility index (Phi) is 3.85. The highest BCUT2D eigenvalue weighted by Crippen LogP contribution is 2.36. The summed E-state index contributed by atoms with van der Waals surface area (Å²) in [4.78, 5) is 25.4. The Morgan fingerprint density at radius 1 is 1.28 bits per heavy atom. The lowest BCUT2D eigenvalue weighted by atomic mass is 9.80. The Labute approximate surface area is 107 Å². The number of nitrogens with zero attached hydrogens (tertiary/aromatic N) is 2. The van der Waals surface area contributed by atoms with Crippen LogP contribution in [0.15, 0.2) is 0 Å². The molecule has 1 saturated heterocycles. The molecule has 0 radical (unpaired) electrons. The summed E-state index contributed by atoms with van der Waals surface area (Å²) in [6, 6.07) is 2.25. The van der Waals surface area contributed by atoms with E-state index in [-0.39, 0.29) is 18.4 Å². The molecule has 2 amide bonds. The van der Waals surface area contributed by atoms with Crippen molar-refractivity contribution >= 4 is 11.8 Å². The summed E-state index contributed by atoms with van der Waals surface area (Å²) in [6.07, 6.45) is 5.33. The third-order valence-electron chi connectivity index (χ3n) is 3.91. The number of nitrogens with one attached hydrogen (secondary N) is 1. The first kappa shape index (κ1) is 12.9. The zero-order valence-corrected chi connectivity index (χ0v) is 10.6. The fraction of sp³-hybridized carbons (Fsp3) is 0.769. The lowest BCUT2D eigenvalue weighted by Gasteiger charge is -2.33. The topological polar surface area (TPSA) is 73.2 Å². The summed E-state index contributed by atoms with van der Waals surface area (Å²) in [5, 5.41) is 12.1. The highest BCUT2D eigenvalue weighted by molar-refractivity contribution is 5.90. The highest BCUT2D eigenvalue weighted by Gasteiger charge is 2.42. The minimum absolute atomic E-state index is 0.0995. The van der Waals surface area contributed by atoms with Crippen molar-refractivity contribution in [3.05, 3.63) is 0 Å². The molecule has 1 aliphatic carbocycles. The molecule has 1 heterocycles. The molecular weight excluding hydrogens is 230 g/mol. The Bertz CT molecular complexity index is 378. The van der Waals surface area contributed by atoms with E-state index in [0.29, 0.717) is 25.9 Å². The van der Waals surface area contributed by atoms with Crippen LogP contribution in [0.25, 0.3) is 0 Å². The third kappa shape index (κ3) is 2.47. The molecule has 1 aliphatic heterocycles. The molecule has 0 spiro atoms. The van der Waals surface area contributed by atoms with Gasteiger partial charge < -0.3 is 10.2 Å². The molecule has 1 N–H and O–H groups in total. The van der Waals surface area contributed by atoms with Crippen LogP contribution in [0.5, 0.6) is 0 Å². The van der Waals surface area contributed by atoms with Crippen LogP contribution in [0.3, 0.4) is 0 Å². The number of hydrogen-bond donors (Lipinski definition) is 1. The van der Waals surface area contributed by atoms with Gasteiger partial charge in [0.1, 0.15) is 5.41 Å². The molecule has 5 nitrogen and oxygen atoms in total. The van der Waals surface area contributed by atoms with Crippen molar-refractivity contribution in [3.63, 3.8) is 0 Å². The van der Waals surface area contributed by atoms with Crippen LogP contribution >= 0.6 is 0 Å². The maximum absolute atomic E-state index is 12.5. The summed E-state index contributed by atoms with van der Waals surface area (Å²) < 4.78 is 0. The molecule has 1 saturated carbocycles. The van der Waals surface area contributed by atoms with Gasteiger partial charge in [0.25, 0.3) is 0 Å². The summed E-state index contributed by atoms with van der Waals surface area (Å²) in [7, 11) is 0. The smallest absolute Gasteiger partial charge is 0.243 e. The summed E-state index contributed by atoms with van der Waals surface area (Å²) in [5.74, 6) is -0.266. The number of amides is 2. The molecular formula is C13H19N3O2. The maximum atomic E-state index is 12.5. The Balaban J connectivity index is 2.13. The van der Waals surface area contributed by atoms with E-state index in [1.54, 1.807) is 4.90 Å². The lowest BCUT2D eigenvalue weighted by molar-refractivity contribution is -0.144. The molecule has 2 fully saturated rings. The molecule has 0 aromatic carbocycles. The average molecular weight is 249 g/mol. The fourth-order valence-electron chi connectivity index (χ4n) is 2.82. The number of carbonyl (C=O) groups is 2. The van der Waals surface area contributed by atoms with Gasteiger partial charge in [0.2, 0.25) is 11.8 Å². The van der Waals surface area contributed by atoms with Gasteiger partial charge in [0.15, 0.2) is 0 Å². The molecule has 0 atom stereocenters. The van der Waals surface area contributed by atoms with Crippen molar-refractivity contribution < 1.29 is 9.59 Å². The molecule has 5 heteroatoms. The summed E-state index contributed by atoms with van der Waals surface area (Å²) >= 11 is 0. The number of nitriles is 1. The molecule has 0 aromatic heterocycles. The summed E-state index contributed by atoms with van der Waals surface area (Å²) in [6.45, 7) is 1.11. The zero-order chi connectivity index (χ0) is 13.0. The Morgan fingerprint density at radius 3 is 2.50 bits per heavy atom. The van der Waals surface area contributed by atoms with Crippen molar-refractivity contribution in [2.75, 3.05) is 19.6 Å². The van der Waals surface area contributed by atoms with Crippen LogP contribution in [-0.4, -0.2) is 36.3 Å². The first-order valence-electron chi connectivity index (χ1n) is 6.65. The molecule has 0 unspecified atom stereocenters. The highest BCUT2D eigenvalue weighted by atomic mass is 16.2. The monoisotopic (exact) mass is 249 g/mol. The molecule has 0 bridgehead atoms. The van der Waals surface area contributed by atoms with E-state index in [9.17, 15) is 14.9 Å². The van der Waals surface area contributed by atoms with Crippen molar-refractivity contribution in [1.82, 2.24) is 10.2 Å². The zero-order valence-electron chi connectivity index (χ0n) is 10.6. The largest absolute Gasteiger partial charge is 0.353 e. The quantitative estimate of drug-likeness (QED) is 0.699. The molecule has 98 valence electrons. The van der Waals surface area contributed by atoms with Crippen molar-refractivity contribution in [2.45, 2.75) is 38.5 Å². The molecule has 2 aliphatic rings. The van der Waals surface area contributed by atoms with E-state index in [4.69, 9.17) is 0 Å². The van der Waals surface area contributed by atoms with Gasteiger partial charge in [-0.3, -0.25) is 9.59 Å². The van der Waals surface area contributed by atoms with Crippen molar-refractivity contribution in [2.24, 2.45) is 5.41 Å². The normalized spacial score (nSPS) is 23.7. The van der Waals surface area contributed by atoms with Crippen molar-refractivity contribution in [3.8, 4) is 6.07 Å². The van der Waals surface area contributed by atoms with Gasteiger partial charge in [0.05, 0.1) is 12.6 Å². The van der Waals surface area contributed by atoms with Crippen LogP contribution in [-0.2, 0) is 9.59 Å². The minimum Gasteiger partial charge on any atom is -0.353 e. The van der Waals surface area contributed by atoms with E-state index < -0.39 is 5.41 Å². The van der Waals surface area contributed by atoms with Gasteiger partial charge in [-0.15, -0.1) is 0 Å². The fourth-order valence-corrected chi connectivity index (χ4v) is 2.82. The first-order chi connectivity index (χ1) is 8.68. The van der Waals surface area contributed by atoms with Gasteiger partial charge in [-0.05, 0) is 12.8 Å². The van der Waals surface area contributed by atoms with Crippen LogP contribution in [0, 0.1) is 16.7 Å². The second-order valence-electron chi connectivity index (χ2n) is 5.18. The predicted octanol–water partition coefficient (Wildman–Crippen LogP) is 0.809. The van der Waals surface area contributed by atoms with Crippen LogP contribution in [0.4, 0.5) is 0 Å². The third-order valence-corrected chi connectivity index (χ3v) is 3.91. The standard InChI is InChI=1S/C13H19N3O2/c14-10-13(5-3-1-2-4-6-13)12(18)16-8-7-15-11(17)9-16/h1-9H2,(H,15,17). The average Bonchev–Trinajstić information content (AvgIpc) is 2.64. The van der Waals surface area contributed by atoms with E-state index >= 15 is 0 Å². The molecule has 0 aromatic rings. The Morgan fingerprint density at radius 2 is 1.94 bits per heavy atom. The van der Waals surface area contributed by atoms with E-state index in [1.807, 2.05) is 0 Å². The minimum atomic E-state index is -0.881. The second kappa shape index (κ2) is 5.38. The van der Waals surface area contributed by atoms with Gasteiger partial charge in [-0.1, -0.05) is 25.7 Å². The summed E-state index contributed by atoms with van der Waals surface area (Å²) in [5.41, 5.74) is -0.881. The van der Waals surface area contributed by atoms with Crippen molar-refractivity contribution in [1.29, 1.82) is 5.26 Å². The van der Waals surface area contributed by atoms with Gasteiger partial charge in [-0.2, -0.15) is 5.26 Å². The van der Waals surface area contributed by atoms with Gasteiger partial charge in [-0.25, -0.2) is 0 Å². The maximum Gasteiger partial charge on any atom is 0.243 e. The Hall–Kier alpha value is -1.57. The van der Waals surface area contributed by atoms with Gasteiger partial charge >= 0.3 is 0 Å². The van der Waals surface area contributed by atoms with E-state index in [2.05, 4.69) is 11.4 Å². The lowest BCUT2D eigenvalue weighted by Crippen LogP contribution is -2.54. The second-order valence-corrected chi connectivity index (χ2v) is 5.18. The van der Waals surface area contributed by atoms with Crippen LogP contribution < -0.4 is 5.32 Å². The molecule has 2 rings (SSSR count). The SMILES string of the molecule is N#CC1(C(=O)N2CCNC(=O)C2)CCCCCC1. The number of piperazine rings is 1. The predicted molar refractivity (Wildman–Crippen MR) is 65.3 cm³/mol. The first-order valence-corrected chi connectivity index (χ1v) is 6.65. The number of carbonyl (C=O) groups excluding carboxylic acids is 2.